The molecule has 0 bridgehead atoms. The van der Waals surface area contributed by atoms with E-state index in [1.165, 1.54) is 0 Å². The van der Waals surface area contributed by atoms with Crippen LogP contribution in [0.3, 0.4) is 0 Å². The zero-order valence-corrected chi connectivity index (χ0v) is 13.7. The summed E-state index contributed by atoms with van der Waals surface area (Å²) in [6.07, 6.45) is -0.744. The molecule has 1 unspecified atom stereocenters. The van der Waals surface area contributed by atoms with Gasteiger partial charge < -0.3 is 15.8 Å². The van der Waals surface area contributed by atoms with E-state index in [9.17, 15) is 9.59 Å². The third-order valence-corrected chi connectivity index (χ3v) is 3.87. The molecule has 0 aliphatic rings. The van der Waals surface area contributed by atoms with Crippen molar-refractivity contribution >= 4 is 28.3 Å². The van der Waals surface area contributed by atoms with E-state index < -0.39 is 12.0 Å². The number of carbonyl (C=O) groups excluding carboxylic acids is 2. The Morgan fingerprint density at radius 2 is 1.64 bits per heavy atom. The Morgan fingerprint density at radius 1 is 0.960 bits per heavy atom. The Bertz CT molecular complexity index is 932. The Labute approximate surface area is 145 Å². The molecule has 25 heavy (non-hydrogen) atoms. The third kappa shape index (κ3) is 3.61. The second-order valence-electron chi connectivity index (χ2n) is 5.64. The molecule has 0 saturated heterocycles. The van der Waals surface area contributed by atoms with Crippen LogP contribution in [0.15, 0.2) is 66.7 Å². The number of fused-ring (bicyclic) bond motifs is 1. The van der Waals surface area contributed by atoms with Gasteiger partial charge in [0.05, 0.1) is 11.3 Å². The molecule has 0 heterocycles. The fourth-order valence-corrected chi connectivity index (χ4v) is 2.58. The molecule has 0 aliphatic carbocycles. The Morgan fingerprint density at radius 3 is 2.44 bits per heavy atom. The first-order valence-corrected chi connectivity index (χ1v) is 7.90. The summed E-state index contributed by atoms with van der Waals surface area (Å²) in [7, 11) is 0. The van der Waals surface area contributed by atoms with Gasteiger partial charge in [-0.15, -0.1) is 0 Å². The number of anilines is 1. The van der Waals surface area contributed by atoms with Crippen LogP contribution in [-0.4, -0.2) is 17.9 Å². The van der Waals surface area contributed by atoms with Crippen LogP contribution in [0.1, 0.15) is 17.3 Å². The number of nitrogens with one attached hydrogen (secondary N) is 1. The highest BCUT2D eigenvalue weighted by molar-refractivity contribution is 6.04. The molecule has 3 rings (SSSR count). The van der Waals surface area contributed by atoms with Crippen molar-refractivity contribution in [3.05, 3.63) is 72.3 Å². The van der Waals surface area contributed by atoms with E-state index in [1.807, 2.05) is 42.5 Å². The fourth-order valence-electron chi connectivity index (χ4n) is 2.58. The molecule has 2 amide bonds. The molecule has 3 aromatic rings. The number of hydrogen-bond acceptors (Lipinski definition) is 3. The summed E-state index contributed by atoms with van der Waals surface area (Å²) in [4.78, 5) is 23.9. The number of para-hydroxylation sites is 1. The van der Waals surface area contributed by atoms with Crippen molar-refractivity contribution in [3.8, 4) is 5.75 Å². The van der Waals surface area contributed by atoms with Crippen molar-refractivity contribution in [2.45, 2.75) is 13.0 Å². The van der Waals surface area contributed by atoms with E-state index in [1.54, 1.807) is 31.2 Å². The van der Waals surface area contributed by atoms with Gasteiger partial charge in [-0.2, -0.15) is 0 Å². The van der Waals surface area contributed by atoms with E-state index in [2.05, 4.69) is 5.32 Å². The van der Waals surface area contributed by atoms with Gasteiger partial charge in [-0.3, -0.25) is 9.59 Å². The van der Waals surface area contributed by atoms with E-state index in [-0.39, 0.29) is 11.5 Å². The normalized spacial score (nSPS) is 11.7. The number of benzene rings is 3. The highest BCUT2D eigenvalue weighted by Crippen LogP contribution is 2.26. The minimum atomic E-state index is -0.744. The lowest BCUT2D eigenvalue weighted by molar-refractivity contribution is -0.122. The minimum Gasteiger partial charge on any atom is -0.480 e. The number of ether oxygens (including phenoxy) is 1. The van der Waals surface area contributed by atoms with E-state index >= 15 is 0 Å². The van der Waals surface area contributed by atoms with Crippen LogP contribution in [0.2, 0.25) is 0 Å². The van der Waals surface area contributed by atoms with Crippen molar-refractivity contribution in [1.29, 1.82) is 0 Å². The Kier molecular flexibility index (Phi) is 4.66. The molecule has 126 valence electrons. The van der Waals surface area contributed by atoms with Gasteiger partial charge in [0.25, 0.3) is 11.8 Å². The lowest BCUT2D eigenvalue weighted by atomic mass is 10.1. The van der Waals surface area contributed by atoms with Crippen LogP contribution in [0, 0.1) is 0 Å². The average Bonchev–Trinajstić information content (AvgIpc) is 2.62. The second kappa shape index (κ2) is 7.05. The summed E-state index contributed by atoms with van der Waals surface area (Å²) in [5, 5.41) is 4.66. The molecule has 3 N–H and O–H groups in total. The quantitative estimate of drug-likeness (QED) is 0.751. The number of amides is 2. The van der Waals surface area contributed by atoms with Gasteiger partial charge in [0, 0.05) is 5.39 Å². The number of rotatable bonds is 5. The maximum absolute atomic E-state index is 12.4. The van der Waals surface area contributed by atoms with E-state index in [0.717, 1.165) is 10.8 Å². The Hall–Kier alpha value is -3.34. The standard InChI is InChI=1S/C20H18N2O3/c1-13(20(24)22-17-11-5-4-10-16(17)19(21)23)25-18-12-6-8-14-7-2-3-9-15(14)18/h2-13H,1H3,(H2,21,23)(H,22,24). The van der Waals surface area contributed by atoms with Crippen LogP contribution >= 0.6 is 0 Å². The molecule has 0 aliphatic heterocycles. The van der Waals surface area contributed by atoms with Crippen LogP contribution in [0.4, 0.5) is 5.69 Å². The number of carbonyl (C=O) groups is 2. The van der Waals surface area contributed by atoms with Gasteiger partial charge in [-0.25, -0.2) is 0 Å². The minimum absolute atomic E-state index is 0.258. The topological polar surface area (TPSA) is 81.4 Å². The fraction of sp³-hybridized carbons (Fsp3) is 0.100. The maximum Gasteiger partial charge on any atom is 0.265 e. The molecule has 5 heteroatoms. The molecular weight excluding hydrogens is 316 g/mol. The molecule has 3 aromatic carbocycles. The zero-order valence-electron chi connectivity index (χ0n) is 13.7. The van der Waals surface area contributed by atoms with E-state index in [0.29, 0.717) is 11.4 Å². The van der Waals surface area contributed by atoms with Crippen LogP contribution in [-0.2, 0) is 4.79 Å². The predicted molar refractivity (Wildman–Crippen MR) is 97.6 cm³/mol. The van der Waals surface area contributed by atoms with Gasteiger partial charge in [-0.05, 0) is 30.5 Å². The predicted octanol–water partition coefficient (Wildman–Crippen LogP) is 3.34. The van der Waals surface area contributed by atoms with Crippen molar-refractivity contribution in [1.82, 2.24) is 0 Å². The van der Waals surface area contributed by atoms with Crippen molar-refractivity contribution in [2.75, 3.05) is 5.32 Å². The molecule has 5 nitrogen and oxygen atoms in total. The summed E-state index contributed by atoms with van der Waals surface area (Å²) < 4.78 is 5.83. The van der Waals surface area contributed by atoms with Gasteiger partial charge in [0.1, 0.15) is 5.75 Å². The van der Waals surface area contributed by atoms with Crippen LogP contribution < -0.4 is 15.8 Å². The molecule has 0 radical (unpaired) electrons. The van der Waals surface area contributed by atoms with Gasteiger partial charge in [-0.1, -0.05) is 48.5 Å². The summed E-state index contributed by atoms with van der Waals surface area (Å²) in [5.74, 6) is -0.330. The van der Waals surface area contributed by atoms with Crippen molar-refractivity contribution in [2.24, 2.45) is 5.73 Å². The second-order valence-corrected chi connectivity index (χ2v) is 5.64. The molecule has 0 fully saturated rings. The van der Waals surface area contributed by atoms with Crippen molar-refractivity contribution < 1.29 is 14.3 Å². The third-order valence-electron chi connectivity index (χ3n) is 3.87. The van der Waals surface area contributed by atoms with Gasteiger partial charge in [0.2, 0.25) is 0 Å². The number of nitrogens with two attached hydrogens (primary N) is 1. The highest BCUT2D eigenvalue weighted by Gasteiger charge is 2.18. The number of primary amides is 1. The SMILES string of the molecule is CC(Oc1cccc2ccccc12)C(=O)Nc1ccccc1C(N)=O. The maximum atomic E-state index is 12.4. The summed E-state index contributed by atoms with van der Waals surface area (Å²) in [6, 6.07) is 20.1. The van der Waals surface area contributed by atoms with Gasteiger partial charge >= 0.3 is 0 Å². The zero-order chi connectivity index (χ0) is 17.8. The summed E-state index contributed by atoms with van der Waals surface area (Å²) >= 11 is 0. The highest BCUT2D eigenvalue weighted by atomic mass is 16.5. The van der Waals surface area contributed by atoms with E-state index in [4.69, 9.17) is 10.5 Å². The average molecular weight is 334 g/mol. The van der Waals surface area contributed by atoms with Crippen LogP contribution in [0.5, 0.6) is 5.75 Å². The first-order valence-electron chi connectivity index (χ1n) is 7.90. The summed E-state index contributed by atoms with van der Waals surface area (Å²) in [6.45, 7) is 1.66. The molecule has 0 saturated carbocycles. The van der Waals surface area contributed by atoms with Gasteiger partial charge in [0.15, 0.2) is 6.10 Å². The smallest absolute Gasteiger partial charge is 0.265 e. The number of hydrogen-bond donors (Lipinski definition) is 2. The van der Waals surface area contributed by atoms with Crippen molar-refractivity contribution in [3.63, 3.8) is 0 Å². The first kappa shape index (κ1) is 16.5. The first-order chi connectivity index (χ1) is 12.1. The molecule has 0 aromatic heterocycles. The lowest BCUT2D eigenvalue weighted by Crippen LogP contribution is -2.31. The molecule has 0 spiro atoms. The monoisotopic (exact) mass is 334 g/mol. The molecule has 1 atom stereocenters. The summed E-state index contributed by atoms with van der Waals surface area (Å²) in [5.41, 5.74) is 5.96. The largest absolute Gasteiger partial charge is 0.480 e. The lowest BCUT2D eigenvalue weighted by Gasteiger charge is -2.17. The molecular formula is C20H18N2O3. The Balaban J connectivity index is 1.78. The van der Waals surface area contributed by atoms with Crippen LogP contribution in [0.25, 0.3) is 10.8 Å².